The maximum atomic E-state index is 11.9. The van der Waals surface area contributed by atoms with Crippen molar-refractivity contribution < 1.29 is 14.3 Å². The lowest BCUT2D eigenvalue weighted by Gasteiger charge is -2.09. The predicted molar refractivity (Wildman–Crippen MR) is 88.7 cm³/mol. The molecule has 114 valence electrons. The predicted octanol–water partition coefficient (Wildman–Crippen LogP) is 3.23. The molecule has 0 fully saturated rings. The molecule has 6 heteroatoms. The summed E-state index contributed by atoms with van der Waals surface area (Å²) in [7, 11) is 3.11. The van der Waals surface area contributed by atoms with Gasteiger partial charge in [0, 0.05) is 15.6 Å². The number of methoxy groups -OCH3 is 2. The van der Waals surface area contributed by atoms with E-state index in [1.807, 2.05) is 12.1 Å². The lowest BCUT2D eigenvalue weighted by molar-refractivity contribution is 0.0955. The Labute approximate surface area is 137 Å². The van der Waals surface area contributed by atoms with Gasteiger partial charge in [-0.25, -0.2) is 5.43 Å². The van der Waals surface area contributed by atoms with Crippen LogP contribution in [0.25, 0.3) is 0 Å². The molecule has 0 aliphatic rings. The van der Waals surface area contributed by atoms with E-state index < -0.39 is 0 Å². The summed E-state index contributed by atoms with van der Waals surface area (Å²) in [5.74, 6) is 0.878. The van der Waals surface area contributed by atoms with E-state index in [9.17, 15) is 4.79 Å². The molecule has 0 radical (unpaired) electrons. The molecule has 0 aliphatic carbocycles. The van der Waals surface area contributed by atoms with Crippen LogP contribution < -0.4 is 14.9 Å². The average molecular weight is 363 g/mol. The number of carbonyl (C=O) groups excluding carboxylic acids is 1. The molecule has 0 saturated carbocycles. The number of nitrogens with zero attached hydrogens (tertiary/aromatic N) is 1. The second kappa shape index (κ2) is 7.61. The minimum Gasteiger partial charge on any atom is -0.493 e. The minimum absolute atomic E-state index is 0.286. The minimum atomic E-state index is -0.286. The summed E-state index contributed by atoms with van der Waals surface area (Å²) in [6.45, 7) is 0. The van der Waals surface area contributed by atoms with Crippen molar-refractivity contribution in [2.24, 2.45) is 5.10 Å². The van der Waals surface area contributed by atoms with Crippen LogP contribution in [0.3, 0.4) is 0 Å². The number of ether oxygens (including phenoxy) is 2. The monoisotopic (exact) mass is 362 g/mol. The molecule has 1 amide bonds. The Bertz CT molecular complexity index is 684. The Hall–Kier alpha value is -2.34. The van der Waals surface area contributed by atoms with Crippen molar-refractivity contribution in [2.45, 2.75) is 0 Å². The van der Waals surface area contributed by atoms with Gasteiger partial charge >= 0.3 is 0 Å². The molecule has 2 rings (SSSR count). The molecular weight excluding hydrogens is 348 g/mol. The van der Waals surface area contributed by atoms with Gasteiger partial charge in [0.05, 0.1) is 20.4 Å². The van der Waals surface area contributed by atoms with Crippen LogP contribution in [0.1, 0.15) is 15.9 Å². The lowest BCUT2D eigenvalue weighted by atomic mass is 10.2. The molecule has 0 heterocycles. The average Bonchev–Trinajstić information content (AvgIpc) is 2.55. The first-order chi connectivity index (χ1) is 10.7. The second-order valence-corrected chi connectivity index (χ2v) is 5.20. The highest BCUT2D eigenvalue weighted by atomic mass is 79.9. The summed E-state index contributed by atoms with van der Waals surface area (Å²) in [6, 6.07) is 12.4. The largest absolute Gasteiger partial charge is 0.493 e. The molecule has 0 unspecified atom stereocenters. The summed E-state index contributed by atoms with van der Waals surface area (Å²) in [5, 5.41) is 3.95. The van der Waals surface area contributed by atoms with E-state index in [-0.39, 0.29) is 5.91 Å². The van der Waals surface area contributed by atoms with Crippen molar-refractivity contribution in [3.63, 3.8) is 0 Å². The molecule has 0 atom stereocenters. The molecule has 1 N–H and O–H groups in total. The smallest absolute Gasteiger partial charge is 0.271 e. The summed E-state index contributed by atoms with van der Waals surface area (Å²) in [6.07, 6.45) is 1.51. The molecule has 5 nitrogen and oxygen atoms in total. The van der Waals surface area contributed by atoms with Gasteiger partial charge in [0.25, 0.3) is 5.91 Å². The van der Waals surface area contributed by atoms with Gasteiger partial charge in [-0.15, -0.1) is 0 Å². The van der Waals surface area contributed by atoms with Crippen LogP contribution in [0.15, 0.2) is 52.0 Å². The van der Waals surface area contributed by atoms with Crippen LogP contribution in [-0.4, -0.2) is 26.3 Å². The van der Waals surface area contributed by atoms with Crippen molar-refractivity contribution >= 4 is 28.1 Å². The molecule has 2 aromatic carbocycles. The van der Waals surface area contributed by atoms with Crippen LogP contribution in [0, 0.1) is 0 Å². The maximum Gasteiger partial charge on any atom is 0.271 e. The number of hydrogen-bond donors (Lipinski definition) is 1. The highest BCUT2D eigenvalue weighted by molar-refractivity contribution is 9.10. The Kier molecular flexibility index (Phi) is 5.55. The van der Waals surface area contributed by atoms with Gasteiger partial charge in [-0.2, -0.15) is 5.10 Å². The van der Waals surface area contributed by atoms with Crippen LogP contribution in [0.2, 0.25) is 0 Å². The van der Waals surface area contributed by atoms with Crippen LogP contribution in [0.5, 0.6) is 11.5 Å². The second-order valence-electron chi connectivity index (χ2n) is 4.29. The van der Waals surface area contributed by atoms with Gasteiger partial charge in [0.2, 0.25) is 0 Å². The normalized spacial score (nSPS) is 10.5. The fraction of sp³-hybridized carbons (Fsp3) is 0.125. The fourth-order valence-electron chi connectivity index (χ4n) is 1.84. The lowest BCUT2D eigenvalue weighted by Crippen LogP contribution is -2.17. The first-order valence-corrected chi connectivity index (χ1v) is 7.25. The molecule has 22 heavy (non-hydrogen) atoms. The number of halogens is 1. The van der Waals surface area contributed by atoms with Crippen molar-refractivity contribution in [2.75, 3.05) is 14.2 Å². The third-order valence-corrected chi connectivity index (χ3v) is 3.44. The molecule has 0 aromatic heterocycles. The van der Waals surface area contributed by atoms with Gasteiger partial charge in [-0.05, 0) is 36.4 Å². The number of benzene rings is 2. The van der Waals surface area contributed by atoms with E-state index in [4.69, 9.17) is 9.47 Å². The van der Waals surface area contributed by atoms with Crippen molar-refractivity contribution in [3.05, 3.63) is 58.1 Å². The highest BCUT2D eigenvalue weighted by Crippen LogP contribution is 2.29. The number of carbonyl (C=O) groups is 1. The number of rotatable bonds is 5. The molecule has 0 bridgehead atoms. The van der Waals surface area contributed by atoms with Gasteiger partial charge in [0.15, 0.2) is 11.5 Å². The van der Waals surface area contributed by atoms with Crippen LogP contribution in [0.4, 0.5) is 0 Å². The number of amides is 1. The van der Waals surface area contributed by atoms with E-state index in [1.165, 1.54) is 6.21 Å². The van der Waals surface area contributed by atoms with Gasteiger partial charge in [0.1, 0.15) is 0 Å². The standard InChI is InChI=1S/C16H15BrN2O3/c1-21-14-5-3-4-12(15(14)22-2)10-18-19-16(20)11-6-8-13(17)9-7-11/h3-10H,1-2H3,(H,19,20)/b18-10+. The number of hydrazone groups is 1. The van der Waals surface area contributed by atoms with Gasteiger partial charge in [-0.3, -0.25) is 4.79 Å². The number of hydrogen-bond acceptors (Lipinski definition) is 4. The molecule has 2 aromatic rings. The summed E-state index contributed by atoms with van der Waals surface area (Å²) in [4.78, 5) is 11.9. The van der Waals surface area contributed by atoms with E-state index in [0.29, 0.717) is 22.6 Å². The Morgan fingerprint density at radius 3 is 2.50 bits per heavy atom. The summed E-state index contributed by atoms with van der Waals surface area (Å²) < 4.78 is 11.4. The first kappa shape index (κ1) is 16.0. The van der Waals surface area contributed by atoms with Crippen LogP contribution in [-0.2, 0) is 0 Å². The Morgan fingerprint density at radius 2 is 1.86 bits per heavy atom. The number of para-hydroxylation sites is 1. The zero-order valence-corrected chi connectivity index (χ0v) is 13.8. The molecule has 0 aliphatic heterocycles. The first-order valence-electron chi connectivity index (χ1n) is 6.45. The molecule has 0 saturated heterocycles. The van der Waals surface area contributed by atoms with E-state index >= 15 is 0 Å². The van der Waals surface area contributed by atoms with Crippen molar-refractivity contribution in [1.82, 2.24) is 5.43 Å². The van der Waals surface area contributed by atoms with E-state index in [0.717, 1.165) is 4.47 Å². The van der Waals surface area contributed by atoms with E-state index in [2.05, 4.69) is 26.5 Å². The van der Waals surface area contributed by atoms with E-state index in [1.54, 1.807) is 44.6 Å². The van der Waals surface area contributed by atoms with Crippen molar-refractivity contribution in [3.8, 4) is 11.5 Å². The number of nitrogens with one attached hydrogen (secondary N) is 1. The van der Waals surface area contributed by atoms with Crippen LogP contribution >= 0.6 is 15.9 Å². The molecular formula is C16H15BrN2O3. The van der Waals surface area contributed by atoms with Gasteiger partial charge in [-0.1, -0.05) is 22.0 Å². The zero-order valence-electron chi connectivity index (χ0n) is 12.2. The third kappa shape index (κ3) is 3.85. The topological polar surface area (TPSA) is 59.9 Å². The SMILES string of the molecule is COc1cccc(/C=N/NC(=O)c2ccc(Br)cc2)c1OC. The Morgan fingerprint density at radius 1 is 1.14 bits per heavy atom. The van der Waals surface area contributed by atoms with Gasteiger partial charge < -0.3 is 9.47 Å². The zero-order chi connectivity index (χ0) is 15.9. The Balaban J connectivity index is 2.09. The summed E-state index contributed by atoms with van der Waals surface area (Å²) >= 11 is 3.32. The quantitative estimate of drug-likeness (QED) is 0.656. The highest BCUT2D eigenvalue weighted by Gasteiger charge is 2.08. The van der Waals surface area contributed by atoms with Crippen molar-refractivity contribution in [1.29, 1.82) is 0 Å². The maximum absolute atomic E-state index is 11.9. The summed E-state index contributed by atoms with van der Waals surface area (Å²) in [5.41, 5.74) is 3.71. The fourth-order valence-corrected chi connectivity index (χ4v) is 2.10. The molecule has 0 spiro atoms. The third-order valence-electron chi connectivity index (χ3n) is 2.91.